The smallest absolute Gasteiger partial charge is 1.00 e. The zero-order chi connectivity index (χ0) is 28.8. The fourth-order valence-corrected chi connectivity index (χ4v) is 32.4. The number of rotatable bonds is 5. The van der Waals surface area contributed by atoms with Crippen LogP contribution in [0.5, 0.6) is 0 Å². The second-order valence-electron chi connectivity index (χ2n) is 11.7. The van der Waals surface area contributed by atoms with E-state index in [-0.39, 0.29) is 24.8 Å². The van der Waals surface area contributed by atoms with Crippen LogP contribution in [0.3, 0.4) is 0 Å². The van der Waals surface area contributed by atoms with Gasteiger partial charge in [-0.2, -0.15) is 0 Å². The van der Waals surface area contributed by atoms with Crippen LogP contribution in [0, 0.1) is 0 Å². The van der Waals surface area contributed by atoms with E-state index in [2.05, 4.69) is 171 Å². The third-order valence-corrected chi connectivity index (χ3v) is 30.0. The van der Waals surface area contributed by atoms with Gasteiger partial charge in [0.2, 0.25) is 0 Å². The molecular formula is C41H32Cl2SiZr. The number of allylic oxidation sites excluding steroid dienone is 1. The SMILES string of the molecule is CC1=Cc2c(-c3ccccc3)cccc2[CH]1[Zr+2]([CH]1c2ccccc2-c2ccccc21)=[Si](c1ccccc1)c1ccccc1.[Cl-].[Cl-]. The Balaban J connectivity index is 0.00000179. The van der Waals surface area contributed by atoms with Crippen molar-refractivity contribution in [1.29, 1.82) is 0 Å². The number of fused-ring (bicyclic) bond motifs is 4. The monoisotopic (exact) mass is 712 g/mol. The molecule has 0 N–H and O–H groups in total. The van der Waals surface area contributed by atoms with Crippen molar-refractivity contribution in [3.05, 3.63) is 186 Å². The van der Waals surface area contributed by atoms with Crippen molar-refractivity contribution < 1.29 is 45.2 Å². The molecule has 0 nitrogen and oxygen atoms in total. The number of benzene rings is 6. The van der Waals surface area contributed by atoms with Crippen LogP contribution in [0.4, 0.5) is 0 Å². The molecule has 0 heterocycles. The summed E-state index contributed by atoms with van der Waals surface area (Å²) >= 11 is -2.64. The molecule has 0 aliphatic heterocycles. The first kappa shape index (κ1) is 31.7. The maximum atomic E-state index is 2.55. The van der Waals surface area contributed by atoms with Gasteiger partial charge in [-0.15, -0.1) is 0 Å². The van der Waals surface area contributed by atoms with Gasteiger partial charge in [0.15, 0.2) is 0 Å². The maximum Gasteiger partial charge on any atom is -1.00 e. The van der Waals surface area contributed by atoms with E-state index in [4.69, 9.17) is 0 Å². The van der Waals surface area contributed by atoms with Gasteiger partial charge in [0, 0.05) is 0 Å². The van der Waals surface area contributed by atoms with Gasteiger partial charge in [-0.3, -0.25) is 0 Å². The van der Waals surface area contributed by atoms with Gasteiger partial charge >= 0.3 is 264 Å². The van der Waals surface area contributed by atoms with Crippen LogP contribution in [0.15, 0.2) is 163 Å². The van der Waals surface area contributed by atoms with Crippen molar-refractivity contribution in [1.82, 2.24) is 0 Å². The molecule has 45 heavy (non-hydrogen) atoms. The topological polar surface area (TPSA) is 0 Å². The molecule has 1 atom stereocenters. The fraction of sp³-hybridized carbons (Fsp3) is 0.0732. The Bertz CT molecular complexity index is 1950. The average Bonchev–Trinajstić information content (AvgIpc) is 3.59. The molecule has 6 aromatic rings. The molecular weight excluding hydrogens is 683 g/mol. The van der Waals surface area contributed by atoms with Crippen LogP contribution in [0.1, 0.15) is 36.4 Å². The summed E-state index contributed by atoms with van der Waals surface area (Å²) in [7, 11) is 0. The Morgan fingerprint density at radius 2 is 0.889 bits per heavy atom. The number of hydrogen-bond acceptors (Lipinski definition) is 0. The summed E-state index contributed by atoms with van der Waals surface area (Å²) in [5.41, 5.74) is 12.2. The summed E-state index contributed by atoms with van der Waals surface area (Å²) in [6, 6.07) is 59.8. The second-order valence-corrected chi connectivity index (χ2v) is 25.7. The molecule has 1 unspecified atom stereocenters. The molecule has 8 rings (SSSR count). The molecule has 0 spiro atoms. The van der Waals surface area contributed by atoms with Crippen LogP contribution in [-0.4, -0.2) is 5.43 Å². The third kappa shape index (κ3) is 5.57. The minimum Gasteiger partial charge on any atom is -1.00 e. The zero-order valence-electron chi connectivity index (χ0n) is 25.0. The van der Waals surface area contributed by atoms with Gasteiger partial charge in [0.25, 0.3) is 0 Å². The molecule has 6 aromatic carbocycles. The van der Waals surface area contributed by atoms with E-state index in [9.17, 15) is 0 Å². The number of hydrogen-bond donors (Lipinski definition) is 0. The van der Waals surface area contributed by atoms with E-state index in [1.165, 1.54) is 27.8 Å². The largest absolute Gasteiger partial charge is 1.00 e. The Labute approximate surface area is 286 Å². The summed E-state index contributed by atoms with van der Waals surface area (Å²) in [5.74, 6) is 0. The first-order valence-electron chi connectivity index (χ1n) is 15.2. The minimum absolute atomic E-state index is 0. The quantitative estimate of drug-likeness (QED) is 0.241. The van der Waals surface area contributed by atoms with E-state index < -0.39 is 25.8 Å². The Kier molecular flexibility index (Phi) is 9.60. The summed E-state index contributed by atoms with van der Waals surface area (Å²) in [6.45, 7) is 2.43. The molecule has 2 aliphatic carbocycles. The molecule has 0 amide bonds. The molecule has 0 bridgehead atoms. The normalized spacial score (nSPS) is 14.0. The molecule has 218 valence electrons. The van der Waals surface area contributed by atoms with Crippen LogP contribution in [0.25, 0.3) is 28.3 Å². The summed E-state index contributed by atoms with van der Waals surface area (Å²) < 4.78 is 0.989. The molecule has 0 radical (unpaired) electrons. The van der Waals surface area contributed by atoms with E-state index in [0.29, 0.717) is 7.25 Å². The standard InChI is InChI=1S/C16H13.C13H9.C12H10Si.2ClH.Zr/c1-12-10-14-8-5-9-15(16(14)11-12)13-6-3-2-4-7-13;1-3-7-12-10(5-1)9-11-6-2-4-8-13(11)12;1-3-7-11(8-4-1)13-12-9-5-2-6-10-12;;;/h2-11H,1H3;1-9H;1-10H;2*1H;/q;;;;;+2/p-2. The van der Waals surface area contributed by atoms with Crippen molar-refractivity contribution in [2.24, 2.45) is 0 Å². The van der Waals surface area contributed by atoms with E-state index >= 15 is 0 Å². The zero-order valence-corrected chi connectivity index (χ0v) is 30.0. The molecule has 0 aromatic heterocycles. The van der Waals surface area contributed by atoms with Gasteiger partial charge in [0.05, 0.1) is 0 Å². The van der Waals surface area contributed by atoms with Crippen molar-refractivity contribution in [3.63, 3.8) is 0 Å². The second kappa shape index (κ2) is 13.6. The van der Waals surface area contributed by atoms with Crippen LogP contribution in [-0.2, 0) is 20.4 Å². The fourth-order valence-electron chi connectivity index (χ4n) is 7.49. The Hall–Kier alpha value is -3.26. The molecule has 0 saturated carbocycles. The predicted octanol–water partition coefficient (Wildman–Crippen LogP) is 3.01. The van der Waals surface area contributed by atoms with Crippen molar-refractivity contribution in [3.8, 4) is 22.3 Å². The van der Waals surface area contributed by atoms with Gasteiger partial charge in [-0.1, -0.05) is 0 Å². The average molecular weight is 715 g/mol. The summed E-state index contributed by atoms with van der Waals surface area (Å²) in [5, 5.41) is 3.13. The maximum absolute atomic E-state index is 2.64. The first-order chi connectivity index (χ1) is 21.3. The van der Waals surface area contributed by atoms with Crippen LogP contribution in [0.2, 0.25) is 0 Å². The predicted molar refractivity (Wildman–Crippen MR) is 180 cm³/mol. The van der Waals surface area contributed by atoms with Gasteiger partial charge in [-0.05, 0) is 0 Å². The molecule has 0 saturated heterocycles. The third-order valence-electron chi connectivity index (χ3n) is 9.23. The Morgan fingerprint density at radius 1 is 0.444 bits per heavy atom. The van der Waals surface area contributed by atoms with Crippen molar-refractivity contribution in [2.75, 3.05) is 0 Å². The van der Waals surface area contributed by atoms with E-state index in [1.807, 2.05) is 0 Å². The summed E-state index contributed by atoms with van der Waals surface area (Å²) in [6.07, 6.45) is 2.55. The minimum atomic E-state index is -2.64. The van der Waals surface area contributed by atoms with Gasteiger partial charge in [-0.25, -0.2) is 0 Å². The van der Waals surface area contributed by atoms with E-state index in [1.54, 1.807) is 32.6 Å². The van der Waals surface area contributed by atoms with Crippen molar-refractivity contribution in [2.45, 2.75) is 14.2 Å². The first-order valence-corrected chi connectivity index (χ1v) is 23.2. The van der Waals surface area contributed by atoms with E-state index in [0.717, 1.165) is 0 Å². The Morgan fingerprint density at radius 3 is 1.44 bits per heavy atom. The number of halogens is 2. The van der Waals surface area contributed by atoms with Crippen molar-refractivity contribution >= 4 is 21.9 Å². The van der Waals surface area contributed by atoms with Gasteiger partial charge < -0.3 is 24.8 Å². The van der Waals surface area contributed by atoms with Gasteiger partial charge in [0.1, 0.15) is 0 Å². The van der Waals surface area contributed by atoms with Crippen LogP contribution >= 0.6 is 0 Å². The molecule has 0 fully saturated rings. The molecule has 4 heteroatoms. The summed E-state index contributed by atoms with van der Waals surface area (Å²) in [4.78, 5) is 0. The molecule has 2 aliphatic rings. The van der Waals surface area contributed by atoms with Crippen LogP contribution < -0.4 is 35.2 Å².